The fourth-order valence-electron chi connectivity index (χ4n) is 1.75. The molecule has 0 aliphatic rings. The van der Waals surface area contributed by atoms with Gasteiger partial charge in [-0.15, -0.1) is 0 Å². The monoisotopic (exact) mass is 298 g/mol. The van der Waals surface area contributed by atoms with Crippen LogP contribution in [-0.4, -0.2) is 36.1 Å². The summed E-state index contributed by atoms with van der Waals surface area (Å²) in [6.07, 6.45) is 0.542. The summed E-state index contributed by atoms with van der Waals surface area (Å²) in [4.78, 5) is 12.8. The van der Waals surface area contributed by atoms with Crippen LogP contribution in [0, 0.1) is 0 Å². The van der Waals surface area contributed by atoms with Gasteiger partial charge in [-0.05, 0) is 37.6 Å². The Morgan fingerprint density at radius 2 is 1.72 bits per heavy atom. The van der Waals surface area contributed by atoms with Crippen LogP contribution in [-0.2, 0) is 28.3 Å². The van der Waals surface area contributed by atoms with Crippen molar-refractivity contribution in [3.05, 3.63) is 35.4 Å². The number of carbonyl (C=O) groups is 1. The second-order valence-electron chi connectivity index (χ2n) is 4.92. The first kappa shape index (κ1) is 17.2. The van der Waals surface area contributed by atoms with E-state index in [0.717, 1.165) is 5.56 Å². The Morgan fingerprint density at radius 3 is 2.06 bits per heavy atom. The third-order valence-corrected chi connectivity index (χ3v) is 2.98. The molecule has 1 N–H and O–H groups in total. The van der Waals surface area contributed by atoms with Crippen LogP contribution in [0.2, 0.25) is 0 Å². The van der Waals surface area contributed by atoms with Crippen molar-refractivity contribution in [3.8, 4) is 0 Å². The van der Waals surface area contributed by atoms with E-state index in [1.165, 1.54) is 5.56 Å². The largest absolute Gasteiger partial charge is 1.00 e. The number of hydrogen-bond donors (Lipinski definition) is 1. The number of nitrogens with zero attached hydrogens (tertiary/aromatic N) is 1. The SMILES string of the molecule is CC(C)c1ccc(CC(C(=O)O)N(C)C)cc1.[Cu+]. The summed E-state index contributed by atoms with van der Waals surface area (Å²) < 4.78 is 0. The molecule has 0 aliphatic heterocycles. The fourth-order valence-corrected chi connectivity index (χ4v) is 1.75. The molecule has 0 saturated heterocycles. The molecule has 1 atom stereocenters. The van der Waals surface area contributed by atoms with E-state index in [1.54, 1.807) is 19.0 Å². The number of carboxylic acids is 1. The Labute approximate surface area is 120 Å². The number of benzene rings is 1. The molecule has 0 saturated carbocycles. The molecule has 0 heterocycles. The molecule has 1 unspecified atom stereocenters. The van der Waals surface area contributed by atoms with Crippen LogP contribution < -0.4 is 0 Å². The standard InChI is InChI=1S/C14H21NO2.Cu/c1-10(2)12-7-5-11(6-8-12)9-13(14(16)17)15(3)4;/h5-8,10,13H,9H2,1-4H3,(H,16,17);/q;+1. The zero-order valence-corrected chi connectivity index (χ0v) is 12.2. The first-order valence-electron chi connectivity index (χ1n) is 5.90. The van der Waals surface area contributed by atoms with Gasteiger partial charge in [0.2, 0.25) is 0 Å². The van der Waals surface area contributed by atoms with Gasteiger partial charge in [-0.3, -0.25) is 9.69 Å². The topological polar surface area (TPSA) is 40.5 Å². The van der Waals surface area contributed by atoms with E-state index in [9.17, 15) is 4.79 Å². The zero-order chi connectivity index (χ0) is 13.0. The number of rotatable bonds is 5. The van der Waals surface area contributed by atoms with Gasteiger partial charge >= 0.3 is 23.0 Å². The van der Waals surface area contributed by atoms with Gasteiger partial charge in [0.15, 0.2) is 0 Å². The van der Waals surface area contributed by atoms with Crippen molar-refractivity contribution in [1.82, 2.24) is 4.90 Å². The molecule has 1 aromatic carbocycles. The second-order valence-corrected chi connectivity index (χ2v) is 4.92. The zero-order valence-electron chi connectivity index (χ0n) is 11.3. The minimum atomic E-state index is -0.775. The third kappa shape index (κ3) is 4.81. The van der Waals surface area contributed by atoms with Crippen molar-refractivity contribution in [3.63, 3.8) is 0 Å². The smallest absolute Gasteiger partial charge is 0.480 e. The number of aliphatic carboxylic acids is 1. The van der Waals surface area contributed by atoms with Crippen LogP contribution in [0.25, 0.3) is 0 Å². The van der Waals surface area contributed by atoms with Crippen molar-refractivity contribution >= 4 is 5.97 Å². The number of carboxylic acid groups (broad SMARTS) is 1. The molecular formula is C14H21CuNO2+. The molecule has 0 amide bonds. The predicted octanol–water partition coefficient (Wildman–Crippen LogP) is 2.36. The van der Waals surface area contributed by atoms with Crippen LogP contribution >= 0.6 is 0 Å². The summed E-state index contributed by atoms with van der Waals surface area (Å²) in [6, 6.07) is 7.74. The van der Waals surface area contributed by atoms with E-state index in [2.05, 4.69) is 26.0 Å². The average Bonchev–Trinajstić information content (AvgIpc) is 2.25. The van der Waals surface area contributed by atoms with Gasteiger partial charge in [-0.1, -0.05) is 38.1 Å². The van der Waals surface area contributed by atoms with E-state index < -0.39 is 12.0 Å². The first-order valence-corrected chi connectivity index (χ1v) is 5.90. The summed E-state index contributed by atoms with van der Waals surface area (Å²) in [7, 11) is 3.59. The summed E-state index contributed by atoms with van der Waals surface area (Å²) >= 11 is 0. The van der Waals surface area contributed by atoms with Crippen molar-refractivity contribution < 1.29 is 27.0 Å². The van der Waals surface area contributed by atoms with E-state index >= 15 is 0 Å². The fraction of sp³-hybridized carbons (Fsp3) is 0.500. The molecule has 4 heteroatoms. The van der Waals surface area contributed by atoms with Crippen molar-refractivity contribution in [2.24, 2.45) is 0 Å². The number of likely N-dealkylation sites (N-methyl/N-ethyl adjacent to an activating group) is 1. The van der Waals surface area contributed by atoms with Crippen molar-refractivity contribution in [1.29, 1.82) is 0 Å². The van der Waals surface area contributed by atoms with E-state index in [4.69, 9.17) is 5.11 Å². The summed E-state index contributed by atoms with van der Waals surface area (Å²) in [5, 5.41) is 9.11. The van der Waals surface area contributed by atoms with Gasteiger partial charge in [0, 0.05) is 0 Å². The molecule has 18 heavy (non-hydrogen) atoms. The van der Waals surface area contributed by atoms with Crippen LogP contribution in [0.1, 0.15) is 30.9 Å². The predicted molar refractivity (Wildman–Crippen MR) is 69.3 cm³/mol. The first-order chi connectivity index (χ1) is 7.91. The molecule has 0 aliphatic carbocycles. The van der Waals surface area contributed by atoms with Crippen LogP contribution in [0.4, 0.5) is 0 Å². The Hall–Kier alpha value is -0.831. The summed E-state index contributed by atoms with van der Waals surface area (Å²) in [6.45, 7) is 4.30. The maximum absolute atomic E-state index is 11.1. The number of hydrogen-bond acceptors (Lipinski definition) is 2. The Bertz CT molecular complexity index is 374. The van der Waals surface area contributed by atoms with E-state index in [1.807, 2.05) is 12.1 Å². The van der Waals surface area contributed by atoms with Gasteiger partial charge < -0.3 is 5.11 Å². The Morgan fingerprint density at radius 1 is 1.22 bits per heavy atom. The molecular weight excluding hydrogens is 278 g/mol. The van der Waals surface area contributed by atoms with E-state index in [0.29, 0.717) is 12.3 Å². The van der Waals surface area contributed by atoms with Gasteiger partial charge in [0.1, 0.15) is 6.04 Å². The van der Waals surface area contributed by atoms with Crippen molar-refractivity contribution in [2.45, 2.75) is 32.2 Å². The second kappa shape index (κ2) is 7.57. The minimum Gasteiger partial charge on any atom is -0.480 e. The Balaban J connectivity index is 0.00000289. The molecule has 0 bridgehead atoms. The Kier molecular flexibility index (Phi) is 7.22. The maximum Gasteiger partial charge on any atom is 1.00 e. The van der Waals surface area contributed by atoms with Gasteiger partial charge in [-0.25, -0.2) is 0 Å². The van der Waals surface area contributed by atoms with Gasteiger partial charge in [-0.2, -0.15) is 0 Å². The normalized spacial score (nSPS) is 12.3. The van der Waals surface area contributed by atoms with Crippen LogP contribution in [0.15, 0.2) is 24.3 Å². The molecule has 0 aromatic heterocycles. The molecule has 3 nitrogen and oxygen atoms in total. The van der Waals surface area contributed by atoms with Gasteiger partial charge in [0.25, 0.3) is 0 Å². The summed E-state index contributed by atoms with van der Waals surface area (Å²) in [5.41, 5.74) is 2.35. The van der Waals surface area contributed by atoms with Crippen LogP contribution in [0.5, 0.6) is 0 Å². The third-order valence-electron chi connectivity index (χ3n) is 2.98. The van der Waals surface area contributed by atoms with E-state index in [-0.39, 0.29) is 17.1 Å². The minimum absolute atomic E-state index is 0. The molecule has 0 spiro atoms. The molecule has 0 fully saturated rings. The average molecular weight is 299 g/mol. The molecule has 104 valence electrons. The molecule has 1 aromatic rings. The van der Waals surface area contributed by atoms with Crippen LogP contribution in [0.3, 0.4) is 0 Å². The van der Waals surface area contributed by atoms with Gasteiger partial charge in [0.05, 0.1) is 0 Å². The summed E-state index contributed by atoms with van der Waals surface area (Å²) in [5.74, 6) is -0.267. The maximum atomic E-state index is 11.1. The molecule has 0 radical (unpaired) electrons. The van der Waals surface area contributed by atoms with Crippen molar-refractivity contribution in [2.75, 3.05) is 14.1 Å². The molecule has 1 rings (SSSR count). The quantitative estimate of drug-likeness (QED) is 0.849.